The summed E-state index contributed by atoms with van der Waals surface area (Å²) in [6, 6.07) is 5.45. The Morgan fingerprint density at radius 2 is 2.05 bits per heavy atom. The number of benzene rings is 1. The molecule has 1 aromatic carbocycles. The van der Waals surface area contributed by atoms with E-state index in [1.807, 2.05) is 0 Å². The number of hydrogen-bond acceptors (Lipinski definition) is 3. The van der Waals surface area contributed by atoms with Crippen LogP contribution in [0.4, 0.5) is 5.69 Å². The van der Waals surface area contributed by atoms with Gasteiger partial charge in [-0.15, -0.1) is 0 Å². The largest absolute Gasteiger partial charge is 0.495 e. The molecule has 1 aliphatic rings. The maximum absolute atomic E-state index is 12.2. The molecule has 0 aromatic heterocycles. The number of amides is 1. The second-order valence-corrected chi connectivity index (χ2v) is 5.56. The van der Waals surface area contributed by atoms with Crippen molar-refractivity contribution in [1.29, 1.82) is 0 Å². The fourth-order valence-electron chi connectivity index (χ4n) is 2.84. The van der Waals surface area contributed by atoms with Crippen LogP contribution in [0.3, 0.4) is 0 Å². The van der Waals surface area contributed by atoms with Crippen LogP contribution < -0.4 is 15.8 Å². The van der Waals surface area contributed by atoms with Crippen LogP contribution in [0.5, 0.6) is 5.75 Å². The third kappa shape index (κ3) is 3.44. The highest BCUT2D eigenvalue weighted by molar-refractivity contribution is 5.95. The molecule has 0 saturated heterocycles. The number of nitrogens with two attached hydrogens (primary N) is 1. The number of nitrogen functional groups attached to an aromatic ring is 1. The van der Waals surface area contributed by atoms with E-state index in [4.69, 9.17) is 10.5 Å². The fraction of sp³-hybridized carbons (Fsp3) is 0.562. The summed E-state index contributed by atoms with van der Waals surface area (Å²) in [6.45, 7) is 2.24. The Morgan fingerprint density at radius 3 is 2.65 bits per heavy atom. The Bertz CT molecular complexity index is 466. The maximum atomic E-state index is 12.2. The molecular formula is C16H24N2O2. The van der Waals surface area contributed by atoms with Crippen molar-refractivity contribution in [2.45, 2.75) is 45.1 Å². The quantitative estimate of drug-likeness (QED) is 0.831. The van der Waals surface area contributed by atoms with Crippen molar-refractivity contribution in [2.75, 3.05) is 12.8 Å². The highest BCUT2D eigenvalue weighted by Crippen LogP contribution is 2.27. The second-order valence-electron chi connectivity index (χ2n) is 5.56. The first-order valence-corrected chi connectivity index (χ1v) is 7.38. The Kier molecular flexibility index (Phi) is 4.88. The molecule has 110 valence electrons. The topological polar surface area (TPSA) is 64.4 Å². The summed E-state index contributed by atoms with van der Waals surface area (Å²) in [7, 11) is 1.55. The molecule has 0 aliphatic heterocycles. The van der Waals surface area contributed by atoms with Crippen LogP contribution in [0.15, 0.2) is 18.2 Å². The van der Waals surface area contributed by atoms with Gasteiger partial charge in [-0.1, -0.05) is 13.3 Å². The highest BCUT2D eigenvalue weighted by atomic mass is 16.5. The lowest BCUT2D eigenvalue weighted by Crippen LogP contribution is -2.37. The monoisotopic (exact) mass is 276 g/mol. The third-order valence-corrected chi connectivity index (χ3v) is 4.25. The Hall–Kier alpha value is -1.71. The van der Waals surface area contributed by atoms with Crippen molar-refractivity contribution in [2.24, 2.45) is 5.92 Å². The molecular weight excluding hydrogens is 252 g/mol. The van der Waals surface area contributed by atoms with Crippen LogP contribution in [0.25, 0.3) is 0 Å². The van der Waals surface area contributed by atoms with E-state index in [1.54, 1.807) is 25.3 Å². The van der Waals surface area contributed by atoms with Gasteiger partial charge in [0.05, 0.1) is 12.8 Å². The van der Waals surface area contributed by atoms with Gasteiger partial charge in [-0.2, -0.15) is 0 Å². The lowest BCUT2D eigenvalue weighted by Gasteiger charge is -2.28. The van der Waals surface area contributed by atoms with Crippen molar-refractivity contribution < 1.29 is 9.53 Å². The van der Waals surface area contributed by atoms with E-state index in [1.165, 1.54) is 19.3 Å². The number of carbonyl (C=O) groups excluding carboxylic acids is 1. The van der Waals surface area contributed by atoms with Gasteiger partial charge in [0.1, 0.15) is 5.75 Å². The summed E-state index contributed by atoms with van der Waals surface area (Å²) >= 11 is 0. The molecule has 0 atom stereocenters. The fourth-order valence-corrected chi connectivity index (χ4v) is 2.84. The minimum Gasteiger partial charge on any atom is -0.495 e. The molecule has 2 rings (SSSR count). The molecule has 20 heavy (non-hydrogen) atoms. The van der Waals surface area contributed by atoms with E-state index in [0.717, 1.165) is 18.8 Å². The molecule has 1 amide bonds. The van der Waals surface area contributed by atoms with Gasteiger partial charge in [-0.3, -0.25) is 4.79 Å². The van der Waals surface area contributed by atoms with Crippen molar-refractivity contribution in [3.8, 4) is 5.75 Å². The van der Waals surface area contributed by atoms with E-state index < -0.39 is 0 Å². The lowest BCUT2D eigenvalue weighted by molar-refractivity contribution is 0.0921. The molecule has 1 aliphatic carbocycles. The summed E-state index contributed by atoms with van der Waals surface area (Å²) in [5.41, 5.74) is 6.91. The predicted octanol–water partition coefficient (Wildman–Crippen LogP) is 2.98. The lowest BCUT2D eigenvalue weighted by atomic mass is 9.84. The molecule has 3 N–H and O–H groups in total. The smallest absolute Gasteiger partial charge is 0.251 e. The molecule has 1 saturated carbocycles. The zero-order chi connectivity index (χ0) is 14.5. The number of hydrogen-bond donors (Lipinski definition) is 2. The van der Waals surface area contributed by atoms with E-state index in [9.17, 15) is 4.79 Å². The van der Waals surface area contributed by atoms with E-state index in [-0.39, 0.29) is 5.91 Å². The number of anilines is 1. The highest BCUT2D eigenvalue weighted by Gasteiger charge is 2.21. The minimum absolute atomic E-state index is 0.0387. The van der Waals surface area contributed by atoms with Crippen LogP contribution in [0.2, 0.25) is 0 Å². The molecule has 4 heteroatoms. The second kappa shape index (κ2) is 6.64. The summed E-state index contributed by atoms with van der Waals surface area (Å²) in [4.78, 5) is 12.2. The number of ether oxygens (including phenoxy) is 1. The van der Waals surface area contributed by atoms with E-state index in [2.05, 4.69) is 12.2 Å². The number of rotatable bonds is 4. The van der Waals surface area contributed by atoms with Crippen LogP contribution in [0, 0.1) is 5.92 Å². The first-order valence-electron chi connectivity index (χ1n) is 7.38. The van der Waals surface area contributed by atoms with Gasteiger partial charge in [0.15, 0.2) is 0 Å². The molecule has 0 heterocycles. The van der Waals surface area contributed by atoms with Gasteiger partial charge in [0.2, 0.25) is 0 Å². The number of nitrogens with one attached hydrogen (secondary N) is 1. The van der Waals surface area contributed by atoms with E-state index >= 15 is 0 Å². The molecule has 1 aromatic rings. The van der Waals surface area contributed by atoms with Gasteiger partial charge in [0.25, 0.3) is 5.91 Å². The van der Waals surface area contributed by atoms with Gasteiger partial charge in [-0.05, 0) is 49.8 Å². The normalized spacial score (nSPS) is 22.3. The molecule has 0 spiro atoms. The summed E-state index contributed by atoms with van der Waals surface area (Å²) in [5.74, 6) is 1.34. The standard InChI is InChI=1S/C16H24N2O2/c1-3-11-4-7-13(8-5-11)18-16(19)12-6-9-14(17)15(10-12)20-2/h6,9-11,13H,3-5,7-8,17H2,1-2H3,(H,18,19). The summed E-state index contributed by atoms with van der Waals surface area (Å²) in [5, 5.41) is 3.12. The molecule has 0 bridgehead atoms. The van der Waals surface area contributed by atoms with Gasteiger partial charge in [-0.25, -0.2) is 0 Å². The molecule has 4 nitrogen and oxygen atoms in total. The average molecular weight is 276 g/mol. The van der Waals surface area contributed by atoms with Crippen molar-refractivity contribution >= 4 is 11.6 Å². The van der Waals surface area contributed by atoms with E-state index in [0.29, 0.717) is 23.0 Å². The molecule has 0 unspecified atom stereocenters. The first-order chi connectivity index (χ1) is 9.63. The first kappa shape index (κ1) is 14.7. The van der Waals surface area contributed by atoms with Crippen LogP contribution in [-0.2, 0) is 0 Å². The van der Waals surface area contributed by atoms with Gasteiger partial charge in [0, 0.05) is 11.6 Å². The van der Waals surface area contributed by atoms with Gasteiger partial charge < -0.3 is 15.8 Å². The number of methoxy groups -OCH3 is 1. The third-order valence-electron chi connectivity index (χ3n) is 4.25. The van der Waals surface area contributed by atoms with Crippen LogP contribution >= 0.6 is 0 Å². The Labute approximate surface area is 120 Å². The Balaban J connectivity index is 1.95. The van der Waals surface area contributed by atoms with Crippen LogP contribution in [-0.4, -0.2) is 19.1 Å². The van der Waals surface area contributed by atoms with Crippen molar-refractivity contribution in [3.63, 3.8) is 0 Å². The number of carbonyl (C=O) groups is 1. The zero-order valence-electron chi connectivity index (χ0n) is 12.3. The SMILES string of the molecule is CCC1CCC(NC(=O)c2ccc(N)c(OC)c2)CC1. The minimum atomic E-state index is -0.0387. The maximum Gasteiger partial charge on any atom is 0.251 e. The summed E-state index contributed by atoms with van der Waals surface area (Å²) < 4.78 is 5.15. The van der Waals surface area contributed by atoms with Crippen molar-refractivity contribution in [1.82, 2.24) is 5.32 Å². The Morgan fingerprint density at radius 1 is 1.35 bits per heavy atom. The molecule has 0 radical (unpaired) electrons. The van der Waals surface area contributed by atoms with Gasteiger partial charge >= 0.3 is 0 Å². The molecule has 1 fully saturated rings. The van der Waals surface area contributed by atoms with Crippen LogP contribution in [0.1, 0.15) is 49.4 Å². The summed E-state index contributed by atoms with van der Waals surface area (Å²) in [6.07, 6.45) is 5.83. The average Bonchev–Trinajstić information content (AvgIpc) is 2.48. The zero-order valence-corrected chi connectivity index (χ0v) is 12.3. The predicted molar refractivity (Wildman–Crippen MR) is 80.9 cm³/mol. The van der Waals surface area contributed by atoms with Crippen molar-refractivity contribution in [3.05, 3.63) is 23.8 Å².